The molecule has 2 aromatic carbocycles. The Morgan fingerprint density at radius 1 is 1.04 bits per heavy atom. The zero-order chi connectivity index (χ0) is 20.1. The lowest BCUT2D eigenvalue weighted by Crippen LogP contribution is -2.26. The predicted molar refractivity (Wildman–Crippen MR) is 109 cm³/mol. The molecule has 0 aliphatic rings. The van der Waals surface area contributed by atoms with Gasteiger partial charge in [-0.1, -0.05) is 31.4 Å². The summed E-state index contributed by atoms with van der Waals surface area (Å²) in [6, 6.07) is 11.0. The van der Waals surface area contributed by atoms with E-state index in [0.717, 1.165) is 35.7 Å². The number of aromatic nitrogens is 1. The number of amides is 2. The van der Waals surface area contributed by atoms with Crippen LogP contribution in [0.5, 0.6) is 0 Å². The molecule has 0 unspecified atom stereocenters. The highest BCUT2D eigenvalue weighted by Crippen LogP contribution is 2.29. The Morgan fingerprint density at radius 3 is 2.50 bits per heavy atom. The van der Waals surface area contributed by atoms with E-state index in [-0.39, 0.29) is 5.91 Å². The molecule has 3 rings (SSSR count). The van der Waals surface area contributed by atoms with Crippen LogP contribution in [-0.4, -0.2) is 23.3 Å². The number of H-pyrrole nitrogens is 1. The first kappa shape index (κ1) is 19.6. The second-order valence-electron chi connectivity index (χ2n) is 6.85. The molecule has 5 nitrogen and oxygen atoms in total. The van der Waals surface area contributed by atoms with E-state index in [4.69, 9.17) is 0 Å². The SMILES string of the molecule is CCCCCNC(=O)c1[nH]c2ccc(C)cc2c1NC(=O)c1ccc(F)cc1. The minimum Gasteiger partial charge on any atom is -0.351 e. The van der Waals surface area contributed by atoms with Crippen molar-refractivity contribution in [2.75, 3.05) is 11.9 Å². The highest BCUT2D eigenvalue weighted by molar-refractivity contribution is 6.15. The number of anilines is 1. The third-order valence-corrected chi connectivity index (χ3v) is 4.59. The zero-order valence-electron chi connectivity index (χ0n) is 16.1. The van der Waals surface area contributed by atoms with E-state index >= 15 is 0 Å². The first-order valence-electron chi connectivity index (χ1n) is 9.47. The van der Waals surface area contributed by atoms with Crippen LogP contribution in [0.1, 0.15) is 52.6 Å². The number of carbonyl (C=O) groups excluding carboxylic acids is 2. The molecule has 1 heterocycles. The standard InChI is InChI=1S/C22H24FN3O2/c1-3-4-5-12-24-22(28)20-19(17-13-14(2)6-11-18(17)25-20)26-21(27)15-7-9-16(23)10-8-15/h6-11,13,25H,3-5,12H2,1-2H3,(H,24,28)(H,26,27). The molecule has 28 heavy (non-hydrogen) atoms. The first-order chi connectivity index (χ1) is 13.5. The molecule has 0 atom stereocenters. The Balaban J connectivity index is 1.91. The highest BCUT2D eigenvalue weighted by Gasteiger charge is 2.20. The predicted octanol–water partition coefficient (Wildman–Crippen LogP) is 4.79. The Hall–Kier alpha value is -3.15. The molecule has 0 fully saturated rings. The average Bonchev–Trinajstić information content (AvgIpc) is 3.03. The Morgan fingerprint density at radius 2 is 1.79 bits per heavy atom. The van der Waals surface area contributed by atoms with Crippen LogP contribution < -0.4 is 10.6 Å². The Labute approximate surface area is 163 Å². The molecule has 0 saturated carbocycles. The quantitative estimate of drug-likeness (QED) is 0.515. The number of nitrogens with one attached hydrogen (secondary N) is 3. The normalized spacial score (nSPS) is 10.8. The average molecular weight is 381 g/mol. The van der Waals surface area contributed by atoms with Crippen molar-refractivity contribution in [1.82, 2.24) is 10.3 Å². The third-order valence-electron chi connectivity index (χ3n) is 4.59. The smallest absolute Gasteiger partial charge is 0.269 e. The number of benzene rings is 2. The minimum absolute atomic E-state index is 0.264. The van der Waals surface area contributed by atoms with Gasteiger partial charge in [0.05, 0.1) is 5.69 Å². The molecule has 0 bridgehead atoms. The molecule has 0 radical (unpaired) electrons. The maximum absolute atomic E-state index is 13.1. The van der Waals surface area contributed by atoms with Crippen LogP contribution in [0.2, 0.25) is 0 Å². The van der Waals surface area contributed by atoms with Gasteiger partial charge in [0.15, 0.2) is 0 Å². The largest absolute Gasteiger partial charge is 0.351 e. The van der Waals surface area contributed by atoms with Gasteiger partial charge in [-0.3, -0.25) is 9.59 Å². The Kier molecular flexibility index (Phi) is 6.09. The van der Waals surface area contributed by atoms with Crippen molar-refractivity contribution in [1.29, 1.82) is 0 Å². The van der Waals surface area contributed by atoms with Gasteiger partial charge in [0.25, 0.3) is 11.8 Å². The van der Waals surface area contributed by atoms with Gasteiger partial charge in [-0.15, -0.1) is 0 Å². The first-order valence-corrected chi connectivity index (χ1v) is 9.47. The molecule has 0 aliphatic carbocycles. The Bertz CT molecular complexity index is 993. The second kappa shape index (κ2) is 8.69. The van der Waals surface area contributed by atoms with E-state index in [1.807, 2.05) is 25.1 Å². The van der Waals surface area contributed by atoms with E-state index in [2.05, 4.69) is 22.5 Å². The summed E-state index contributed by atoms with van der Waals surface area (Å²) in [4.78, 5) is 28.5. The van der Waals surface area contributed by atoms with Crippen LogP contribution in [0.25, 0.3) is 10.9 Å². The summed E-state index contributed by atoms with van der Waals surface area (Å²) in [6.45, 7) is 4.62. The molecular formula is C22H24FN3O2. The number of halogens is 1. The van der Waals surface area contributed by atoms with Gasteiger partial charge in [-0.05, 0) is 49.7 Å². The molecule has 0 spiro atoms. The van der Waals surface area contributed by atoms with Crippen molar-refractivity contribution in [3.05, 3.63) is 65.1 Å². The molecule has 146 valence electrons. The number of unbranched alkanes of at least 4 members (excludes halogenated alkanes) is 2. The number of carbonyl (C=O) groups is 2. The van der Waals surface area contributed by atoms with E-state index in [1.165, 1.54) is 24.3 Å². The summed E-state index contributed by atoms with van der Waals surface area (Å²) in [5, 5.41) is 6.48. The van der Waals surface area contributed by atoms with Gasteiger partial charge >= 0.3 is 0 Å². The van der Waals surface area contributed by atoms with Gasteiger partial charge in [0.1, 0.15) is 11.5 Å². The second-order valence-corrected chi connectivity index (χ2v) is 6.85. The molecule has 0 aliphatic heterocycles. The number of aryl methyl sites for hydroxylation is 1. The lowest BCUT2D eigenvalue weighted by Gasteiger charge is -2.09. The maximum atomic E-state index is 13.1. The molecule has 3 aromatic rings. The minimum atomic E-state index is -0.411. The van der Waals surface area contributed by atoms with E-state index < -0.39 is 11.7 Å². The fourth-order valence-corrected chi connectivity index (χ4v) is 3.06. The lowest BCUT2D eigenvalue weighted by atomic mass is 10.1. The molecule has 3 N–H and O–H groups in total. The van der Waals surface area contributed by atoms with Gasteiger partial charge in [-0.2, -0.15) is 0 Å². The van der Waals surface area contributed by atoms with E-state index in [9.17, 15) is 14.0 Å². The van der Waals surface area contributed by atoms with Gasteiger partial charge < -0.3 is 15.6 Å². The van der Waals surface area contributed by atoms with Crippen molar-refractivity contribution in [2.45, 2.75) is 33.1 Å². The van der Waals surface area contributed by atoms with Crippen LogP contribution in [-0.2, 0) is 0 Å². The van der Waals surface area contributed by atoms with Crippen molar-refractivity contribution in [3.63, 3.8) is 0 Å². The van der Waals surface area contributed by atoms with Gasteiger partial charge in [0, 0.05) is 23.0 Å². The number of hydrogen-bond acceptors (Lipinski definition) is 2. The summed E-state index contributed by atoms with van der Waals surface area (Å²) in [5.74, 6) is -1.08. The zero-order valence-corrected chi connectivity index (χ0v) is 16.1. The van der Waals surface area contributed by atoms with E-state index in [1.54, 1.807) is 0 Å². The topological polar surface area (TPSA) is 74.0 Å². The summed E-state index contributed by atoms with van der Waals surface area (Å²) in [6.07, 6.45) is 3.01. The van der Waals surface area contributed by atoms with Gasteiger partial charge in [0.2, 0.25) is 0 Å². The van der Waals surface area contributed by atoms with Crippen LogP contribution in [0.4, 0.5) is 10.1 Å². The van der Waals surface area contributed by atoms with Crippen LogP contribution in [0.3, 0.4) is 0 Å². The van der Waals surface area contributed by atoms with Crippen molar-refractivity contribution >= 4 is 28.4 Å². The monoisotopic (exact) mass is 381 g/mol. The van der Waals surface area contributed by atoms with E-state index in [0.29, 0.717) is 23.5 Å². The fraction of sp³-hybridized carbons (Fsp3) is 0.273. The summed E-state index contributed by atoms with van der Waals surface area (Å²) < 4.78 is 13.1. The fourth-order valence-electron chi connectivity index (χ4n) is 3.06. The molecule has 0 saturated heterocycles. The maximum Gasteiger partial charge on any atom is 0.269 e. The third kappa shape index (κ3) is 4.39. The highest BCUT2D eigenvalue weighted by atomic mass is 19.1. The molecule has 6 heteroatoms. The number of hydrogen-bond donors (Lipinski definition) is 3. The van der Waals surface area contributed by atoms with Gasteiger partial charge in [-0.25, -0.2) is 4.39 Å². The van der Waals surface area contributed by atoms with Crippen LogP contribution in [0, 0.1) is 12.7 Å². The lowest BCUT2D eigenvalue weighted by molar-refractivity contribution is 0.0949. The van der Waals surface area contributed by atoms with Crippen molar-refractivity contribution in [2.24, 2.45) is 0 Å². The van der Waals surface area contributed by atoms with Crippen molar-refractivity contribution in [3.8, 4) is 0 Å². The number of fused-ring (bicyclic) bond motifs is 1. The van der Waals surface area contributed by atoms with Crippen LogP contribution >= 0.6 is 0 Å². The molecule has 2 amide bonds. The molecular weight excluding hydrogens is 357 g/mol. The summed E-state index contributed by atoms with van der Waals surface area (Å²) in [5.41, 5.74) is 2.84. The van der Waals surface area contributed by atoms with Crippen molar-refractivity contribution < 1.29 is 14.0 Å². The summed E-state index contributed by atoms with van der Waals surface area (Å²) >= 11 is 0. The van der Waals surface area contributed by atoms with Crippen LogP contribution in [0.15, 0.2) is 42.5 Å². The number of aromatic amines is 1. The molecule has 1 aromatic heterocycles. The summed E-state index contributed by atoms with van der Waals surface area (Å²) in [7, 11) is 0. The number of rotatable bonds is 7.